The first-order valence-electron chi connectivity index (χ1n) is 4.84. The number of nitrogens with two attached hydrogens (primary N) is 1. The molecule has 0 aliphatic carbocycles. The van der Waals surface area contributed by atoms with E-state index in [0.717, 1.165) is 5.56 Å². The molecule has 17 heavy (non-hydrogen) atoms. The van der Waals surface area contributed by atoms with Gasteiger partial charge < -0.3 is 15.9 Å². The highest BCUT2D eigenvalue weighted by Gasteiger charge is 2.27. The largest absolute Gasteiger partial charge is 0.506 e. The van der Waals surface area contributed by atoms with Crippen molar-refractivity contribution in [1.82, 2.24) is 0 Å². The van der Waals surface area contributed by atoms with Crippen LogP contribution in [0.1, 0.15) is 25.5 Å². The van der Waals surface area contributed by atoms with Crippen molar-refractivity contribution in [3.8, 4) is 5.75 Å². The van der Waals surface area contributed by atoms with Crippen LogP contribution in [0.2, 0.25) is 0 Å². The van der Waals surface area contributed by atoms with E-state index in [4.69, 9.17) is 5.73 Å². The van der Waals surface area contributed by atoms with Crippen molar-refractivity contribution in [2.24, 2.45) is 11.1 Å². The van der Waals surface area contributed by atoms with Gasteiger partial charge in [0.15, 0.2) is 0 Å². The van der Waals surface area contributed by atoms with E-state index in [2.05, 4.69) is 31.9 Å². The smallest absolute Gasteiger partial charge is 0.143 e. The van der Waals surface area contributed by atoms with Crippen LogP contribution in [0.3, 0.4) is 0 Å². The molecule has 0 bridgehead atoms. The van der Waals surface area contributed by atoms with E-state index in [9.17, 15) is 10.2 Å². The molecule has 6 heteroatoms. The van der Waals surface area contributed by atoms with Crippen LogP contribution < -0.4 is 5.73 Å². The van der Waals surface area contributed by atoms with Crippen LogP contribution in [0.5, 0.6) is 5.75 Å². The van der Waals surface area contributed by atoms with E-state index in [0.29, 0.717) is 8.95 Å². The minimum absolute atomic E-state index is 0. The Kier molecular flexibility index (Phi) is 6.46. The van der Waals surface area contributed by atoms with Crippen molar-refractivity contribution in [1.29, 1.82) is 0 Å². The molecule has 1 rings (SSSR count). The zero-order chi connectivity index (χ0) is 12.5. The molecule has 0 aliphatic rings. The highest BCUT2D eigenvalue weighted by Crippen LogP contribution is 2.38. The Hall–Kier alpha value is 0.190. The highest BCUT2D eigenvalue weighted by molar-refractivity contribution is 9.11. The fourth-order valence-electron chi connectivity index (χ4n) is 1.31. The molecule has 98 valence electrons. The van der Waals surface area contributed by atoms with Crippen LogP contribution in [0.4, 0.5) is 0 Å². The van der Waals surface area contributed by atoms with Gasteiger partial charge in [-0.2, -0.15) is 0 Å². The normalized spacial score (nSPS) is 13.1. The average molecular weight is 390 g/mol. The fraction of sp³-hybridized carbons (Fsp3) is 0.455. The van der Waals surface area contributed by atoms with Gasteiger partial charge in [0.1, 0.15) is 5.75 Å². The monoisotopic (exact) mass is 387 g/mol. The molecule has 4 N–H and O–H groups in total. The summed E-state index contributed by atoms with van der Waals surface area (Å²) in [5.74, 6) is 0.151. The van der Waals surface area contributed by atoms with Crippen molar-refractivity contribution in [2.45, 2.75) is 19.9 Å². The number of phenols is 1. The van der Waals surface area contributed by atoms with Gasteiger partial charge in [-0.15, -0.1) is 12.4 Å². The van der Waals surface area contributed by atoms with Gasteiger partial charge in [-0.05, 0) is 49.6 Å². The van der Waals surface area contributed by atoms with Gasteiger partial charge in [0.05, 0.1) is 8.95 Å². The van der Waals surface area contributed by atoms with Crippen LogP contribution in [-0.2, 0) is 0 Å². The Morgan fingerprint density at radius 2 is 1.71 bits per heavy atom. The maximum Gasteiger partial charge on any atom is 0.143 e. The third kappa shape index (κ3) is 3.83. The summed E-state index contributed by atoms with van der Waals surface area (Å²) in [5.41, 5.74) is 6.54. The third-order valence-corrected chi connectivity index (χ3v) is 3.86. The lowest BCUT2D eigenvalue weighted by molar-refractivity contribution is 0.132. The molecule has 0 aromatic heterocycles. The highest BCUT2D eigenvalue weighted by atomic mass is 79.9. The van der Waals surface area contributed by atoms with Crippen molar-refractivity contribution in [2.75, 3.05) is 6.61 Å². The lowest BCUT2D eigenvalue weighted by Gasteiger charge is -2.30. The number of aliphatic hydroxyl groups is 1. The molecule has 0 aliphatic heterocycles. The summed E-state index contributed by atoms with van der Waals surface area (Å²) in [6.07, 6.45) is 0. The number of phenolic OH excluding ortho intramolecular Hbond substituents is 1. The van der Waals surface area contributed by atoms with E-state index >= 15 is 0 Å². The number of benzene rings is 1. The predicted molar refractivity (Wildman–Crippen MR) is 78.6 cm³/mol. The molecule has 0 saturated carbocycles. The fourth-order valence-corrected chi connectivity index (χ4v) is 2.54. The van der Waals surface area contributed by atoms with E-state index < -0.39 is 5.41 Å². The number of aliphatic hydroxyl groups excluding tert-OH is 1. The summed E-state index contributed by atoms with van der Waals surface area (Å²) in [6.45, 7) is 3.79. The number of halogens is 3. The van der Waals surface area contributed by atoms with E-state index in [-0.39, 0.29) is 30.8 Å². The number of hydrogen-bond donors (Lipinski definition) is 3. The first-order chi connectivity index (χ1) is 7.29. The van der Waals surface area contributed by atoms with Crippen LogP contribution in [0.25, 0.3) is 0 Å². The molecule has 1 atom stereocenters. The summed E-state index contributed by atoms with van der Waals surface area (Å²) in [7, 11) is 0. The quantitative estimate of drug-likeness (QED) is 0.743. The van der Waals surface area contributed by atoms with Crippen molar-refractivity contribution in [3.63, 3.8) is 0 Å². The minimum Gasteiger partial charge on any atom is -0.506 e. The molecular formula is C11H16Br2ClNO2. The van der Waals surface area contributed by atoms with Crippen LogP contribution in [0, 0.1) is 5.41 Å². The lowest BCUT2D eigenvalue weighted by atomic mass is 9.82. The molecule has 1 aromatic rings. The van der Waals surface area contributed by atoms with Gasteiger partial charge in [-0.25, -0.2) is 0 Å². The number of rotatable bonds is 3. The van der Waals surface area contributed by atoms with E-state index in [1.54, 1.807) is 12.1 Å². The molecule has 0 radical (unpaired) electrons. The molecule has 0 saturated heterocycles. The lowest BCUT2D eigenvalue weighted by Crippen LogP contribution is -2.32. The molecule has 1 aromatic carbocycles. The molecule has 3 nitrogen and oxygen atoms in total. The van der Waals surface area contributed by atoms with Gasteiger partial charge in [0.2, 0.25) is 0 Å². The topological polar surface area (TPSA) is 66.5 Å². The van der Waals surface area contributed by atoms with Gasteiger partial charge >= 0.3 is 0 Å². The zero-order valence-electron chi connectivity index (χ0n) is 9.58. The maximum atomic E-state index is 9.59. The molecular weight excluding hydrogens is 373 g/mol. The van der Waals surface area contributed by atoms with Crippen LogP contribution in [-0.4, -0.2) is 16.8 Å². The van der Waals surface area contributed by atoms with E-state index in [1.807, 2.05) is 13.8 Å². The Balaban J connectivity index is 0.00000256. The Morgan fingerprint density at radius 1 is 1.29 bits per heavy atom. The second-order valence-electron chi connectivity index (χ2n) is 4.46. The molecule has 0 heterocycles. The number of hydrogen-bond acceptors (Lipinski definition) is 3. The summed E-state index contributed by atoms with van der Waals surface area (Å²) in [6, 6.07) is 3.23. The predicted octanol–water partition coefficient (Wildman–Crippen LogP) is 3.36. The van der Waals surface area contributed by atoms with Gasteiger partial charge in [-0.1, -0.05) is 13.8 Å². The molecule has 0 amide bonds. The molecule has 0 spiro atoms. The standard InChI is InChI=1S/C11H15Br2NO2.ClH/c1-11(2,5-15)10(14)6-3-7(12)9(16)8(13)4-6;/h3-4,10,15-16H,5,14H2,1-2H3;1H/t10-;/m1./s1. The first-order valence-corrected chi connectivity index (χ1v) is 6.42. The summed E-state index contributed by atoms with van der Waals surface area (Å²) in [5, 5.41) is 18.9. The van der Waals surface area contributed by atoms with Crippen molar-refractivity contribution < 1.29 is 10.2 Å². The average Bonchev–Trinajstić information content (AvgIpc) is 2.24. The van der Waals surface area contributed by atoms with Crippen LogP contribution >= 0.6 is 44.3 Å². The third-order valence-electron chi connectivity index (χ3n) is 2.65. The van der Waals surface area contributed by atoms with Crippen LogP contribution in [0.15, 0.2) is 21.1 Å². The second kappa shape index (κ2) is 6.38. The SMILES string of the molecule is CC(C)(CO)[C@H](N)c1cc(Br)c(O)c(Br)c1.Cl. The van der Waals surface area contributed by atoms with Gasteiger partial charge in [0, 0.05) is 18.1 Å². The van der Waals surface area contributed by atoms with E-state index in [1.165, 1.54) is 0 Å². The zero-order valence-corrected chi connectivity index (χ0v) is 13.6. The van der Waals surface area contributed by atoms with Gasteiger partial charge in [-0.3, -0.25) is 0 Å². The number of aromatic hydroxyl groups is 1. The Labute approximate surface area is 124 Å². The summed E-state index contributed by atoms with van der Waals surface area (Å²) >= 11 is 6.51. The van der Waals surface area contributed by atoms with Gasteiger partial charge in [0.25, 0.3) is 0 Å². The molecule has 0 unspecified atom stereocenters. The Morgan fingerprint density at radius 3 is 2.06 bits per heavy atom. The minimum atomic E-state index is -0.407. The second-order valence-corrected chi connectivity index (χ2v) is 6.17. The van der Waals surface area contributed by atoms with Crippen molar-refractivity contribution in [3.05, 3.63) is 26.6 Å². The molecule has 0 fully saturated rings. The Bertz CT molecular complexity index is 376. The summed E-state index contributed by atoms with van der Waals surface area (Å²) in [4.78, 5) is 0. The maximum absolute atomic E-state index is 9.59. The van der Waals surface area contributed by atoms with Crippen molar-refractivity contribution >= 4 is 44.3 Å². The first kappa shape index (κ1) is 17.2. The summed E-state index contributed by atoms with van der Waals surface area (Å²) < 4.78 is 1.17.